The Morgan fingerprint density at radius 1 is 1.27 bits per heavy atom. The first kappa shape index (κ1) is 17.2. The van der Waals surface area contributed by atoms with Crippen LogP contribution in [0.4, 0.5) is 11.4 Å². The minimum absolute atomic E-state index is 0.121. The molecule has 0 unspecified atom stereocenters. The molecule has 0 atom stereocenters. The molecule has 0 fully saturated rings. The van der Waals surface area contributed by atoms with Gasteiger partial charge in [-0.1, -0.05) is 12.1 Å². The Kier molecular flexibility index (Phi) is 4.93. The van der Waals surface area contributed by atoms with E-state index >= 15 is 0 Å². The van der Waals surface area contributed by atoms with Gasteiger partial charge in [0.1, 0.15) is 5.75 Å². The minimum atomic E-state index is -0.525. The molecule has 1 heterocycles. The number of benzene rings is 2. The van der Waals surface area contributed by atoms with Crippen molar-refractivity contribution in [1.82, 2.24) is 9.78 Å². The van der Waals surface area contributed by atoms with E-state index in [0.29, 0.717) is 5.75 Å². The quantitative estimate of drug-likeness (QED) is 0.543. The second kappa shape index (κ2) is 7.47. The molecule has 132 valence electrons. The maximum absolute atomic E-state index is 12.3. The molecule has 8 heteroatoms. The zero-order valence-electron chi connectivity index (χ0n) is 14.0. The Morgan fingerprint density at radius 2 is 2.04 bits per heavy atom. The molecule has 0 spiro atoms. The van der Waals surface area contributed by atoms with Crippen LogP contribution in [0.3, 0.4) is 0 Å². The predicted octanol–water partition coefficient (Wildman–Crippen LogP) is 2.97. The molecule has 0 radical (unpaired) electrons. The van der Waals surface area contributed by atoms with E-state index in [9.17, 15) is 14.9 Å². The van der Waals surface area contributed by atoms with Crippen molar-refractivity contribution < 1.29 is 14.5 Å². The highest BCUT2D eigenvalue weighted by Crippen LogP contribution is 2.29. The standard InChI is InChI=1S/C18H16N4O4/c1-26-17-8-7-15(22(24)25)12-16(17)20-18(23)11-13-3-5-14(6-4-13)21-10-2-9-19-21/h2-10,12H,11H2,1H3,(H,20,23). The number of nitro benzene ring substituents is 1. The van der Waals surface area contributed by atoms with Gasteiger partial charge < -0.3 is 10.1 Å². The van der Waals surface area contributed by atoms with Crippen LogP contribution < -0.4 is 10.1 Å². The molecule has 2 aromatic carbocycles. The number of non-ortho nitro benzene ring substituents is 1. The molecule has 0 saturated carbocycles. The molecule has 0 aliphatic rings. The van der Waals surface area contributed by atoms with Crippen LogP contribution in [-0.2, 0) is 11.2 Å². The van der Waals surface area contributed by atoms with E-state index in [1.165, 1.54) is 25.3 Å². The Balaban J connectivity index is 1.71. The Morgan fingerprint density at radius 3 is 2.65 bits per heavy atom. The maximum Gasteiger partial charge on any atom is 0.271 e. The van der Waals surface area contributed by atoms with Gasteiger partial charge in [0.15, 0.2) is 0 Å². The number of nitrogens with zero attached hydrogens (tertiary/aromatic N) is 3. The van der Waals surface area contributed by atoms with Crippen LogP contribution in [-0.4, -0.2) is 27.7 Å². The summed E-state index contributed by atoms with van der Waals surface area (Å²) in [5.74, 6) is 0.0635. The number of carbonyl (C=O) groups is 1. The number of hydrogen-bond acceptors (Lipinski definition) is 5. The summed E-state index contributed by atoms with van der Waals surface area (Å²) in [5, 5.41) is 17.7. The zero-order chi connectivity index (χ0) is 18.5. The highest BCUT2D eigenvalue weighted by molar-refractivity contribution is 5.94. The third-order valence-electron chi connectivity index (χ3n) is 3.74. The summed E-state index contributed by atoms with van der Waals surface area (Å²) in [6.45, 7) is 0. The number of carbonyl (C=O) groups excluding carboxylic acids is 1. The van der Waals surface area contributed by atoms with Gasteiger partial charge in [0, 0.05) is 24.5 Å². The van der Waals surface area contributed by atoms with E-state index in [-0.39, 0.29) is 23.7 Å². The number of rotatable bonds is 6. The normalized spacial score (nSPS) is 10.3. The van der Waals surface area contributed by atoms with E-state index < -0.39 is 4.92 Å². The summed E-state index contributed by atoms with van der Waals surface area (Å²) in [6.07, 6.45) is 3.65. The second-order valence-electron chi connectivity index (χ2n) is 5.48. The van der Waals surface area contributed by atoms with Gasteiger partial charge in [-0.15, -0.1) is 0 Å². The molecule has 3 aromatic rings. The van der Waals surface area contributed by atoms with Crippen LogP contribution >= 0.6 is 0 Å². The first-order chi connectivity index (χ1) is 12.6. The molecule has 0 aliphatic heterocycles. The zero-order valence-corrected chi connectivity index (χ0v) is 14.0. The van der Waals surface area contributed by atoms with Crippen molar-refractivity contribution in [2.24, 2.45) is 0 Å². The van der Waals surface area contributed by atoms with E-state index in [1.807, 2.05) is 36.5 Å². The lowest BCUT2D eigenvalue weighted by Gasteiger charge is -2.10. The predicted molar refractivity (Wildman–Crippen MR) is 95.5 cm³/mol. The second-order valence-corrected chi connectivity index (χ2v) is 5.48. The van der Waals surface area contributed by atoms with Gasteiger partial charge in [-0.2, -0.15) is 5.10 Å². The monoisotopic (exact) mass is 352 g/mol. The molecule has 0 bridgehead atoms. The first-order valence-electron chi connectivity index (χ1n) is 7.78. The van der Waals surface area contributed by atoms with E-state index in [1.54, 1.807) is 10.9 Å². The van der Waals surface area contributed by atoms with Crippen molar-refractivity contribution in [3.63, 3.8) is 0 Å². The van der Waals surface area contributed by atoms with Crippen LogP contribution in [0, 0.1) is 10.1 Å². The third-order valence-corrected chi connectivity index (χ3v) is 3.74. The van der Waals surface area contributed by atoms with Crippen LogP contribution in [0.15, 0.2) is 60.9 Å². The number of aromatic nitrogens is 2. The largest absolute Gasteiger partial charge is 0.495 e. The summed E-state index contributed by atoms with van der Waals surface area (Å²) in [5.41, 5.74) is 1.84. The molecular formula is C18H16N4O4. The van der Waals surface area contributed by atoms with Crippen molar-refractivity contribution in [2.45, 2.75) is 6.42 Å². The highest BCUT2D eigenvalue weighted by Gasteiger charge is 2.14. The van der Waals surface area contributed by atoms with Crippen molar-refractivity contribution in [1.29, 1.82) is 0 Å². The van der Waals surface area contributed by atoms with Crippen molar-refractivity contribution in [3.8, 4) is 11.4 Å². The Bertz CT molecular complexity index is 921. The smallest absolute Gasteiger partial charge is 0.271 e. The third kappa shape index (κ3) is 3.86. The average Bonchev–Trinajstić information content (AvgIpc) is 3.17. The lowest BCUT2D eigenvalue weighted by atomic mass is 10.1. The van der Waals surface area contributed by atoms with Gasteiger partial charge >= 0.3 is 0 Å². The number of ether oxygens (including phenoxy) is 1. The highest BCUT2D eigenvalue weighted by atomic mass is 16.6. The molecule has 8 nitrogen and oxygen atoms in total. The SMILES string of the molecule is COc1ccc([N+](=O)[O-])cc1NC(=O)Cc1ccc(-n2cccn2)cc1. The van der Waals surface area contributed by atoms with Crippen LogP contribution in [0.2, 0.25) is 0 Å². The molecular weight excluding hydrogens is 336 g/mol. The summed E-state index contributed by atoms with van der Waals surface area (Å²) in [7, 11) is 1.44. The fourth-order valence-electron chi connectivity index (χ4n) is 2.48. The molecule has 0 aliphatic carbocycles. The van der Waals surface area contributed by atoms with Crippen molar-refractivity contribution in [2.75, 3.05) is 12.4 Å². The number of anilines is 1. The average molecular weight is 352 g/mol. The van der Waals surface area contributed by atoms with Crippen LogP contribution in [0.1, 0.15) is 5.56 Å². The maximum atomic E-state index is 12.3. The number of nitro groups is 1. The Hall–Kier alpha value is -3.68. The van der Waals surface area contributed by atoms with Crippen molar-refractivity contribution in [3.05, 3.63) is 76.6 Å². The fourth-order valence-corrected chi connectivity index (χ4v) is 2.48. The molecule has 1 aromatic heterocycles. The van der Waals surface area contributed by atoms with Gasteiger partial charge in [-0.25, -0.2) is 4.68 Å². The van der Waals surface area contributed by atoms with Gasteiger partial charge in [0.05, 0.1) is 29.8 Å². The minimum Gasteiger partial charge on any atom is -0.495 e. The first-order valence-corrected chi connectivity index (χ1v) is 7.78. The number of methoxy groups -OCH3 is 1. The van der Waals surface area contributed by atoms with Gasteiger partial charge in [-0.05, 0) is 29.8 Å². The molecule has 1 N–H and O–H groups in total. The summed E-state index contributed by atoms with van der Waals surface area (Å²) in [6, 6.07) is 13.3. The van der Waals surface area contributed by atoms with E-state index in [0.717, 1.165) is 11.3 Å². The molecule has 3 rings (SSSR count). The van der Waals surface area contributed by atoms with Gasteiger partial charge in [0.2, 0.25) is 5.91 Å². The lowest BCUT2D eigenvalue weighted by Crippen LogP contribution is -2.15. The van der Waals surface area contributed by atoms with Crippen LogP contribution in [0.5, 0.6) is 5.75 Å². The van der Waals surface area contributed by atoms with E-state index in [2.05, 4.69) is 10.4 Å². The summed E-state index contributed by atoms with van der Waals surface area (Å²) in [4.78, 5) is 22.7. The lowest BCUT2D eigenvalue weighted by molar-refractivity contribution is -0.384. The van der Waals surface area contributed by atoms with E-state index in [4.69, 9.17) is 4.74 Å². The van der Waals surface area contributed by atoms with Crippen LogP contribution in [0.25, 0.3) is 5.69 Å². The topological polar surface area (TPSA) is 99.3 Å². The molecule has 26 heavy (non-hydrogen) atoms. The fraction of sp³-hybridized carbons (Fsp3) is 0.111. The number of amides is 1. The summed E-state index contributed by atoms with van der Waals surface area (Å²) >= 11 is 0. The number of nitrogens with one attached hydrogen (secondary N) is 1. The van der Waals surface area contributed by atoms with Gasteiger partial charge in [-0.3, -0.25) is 14.9 Å². The Labute approximate surface area is 149 Å². The molecule has 1 amide bonds. The van der Waals surface area contributed by atoms with Gasteiger partial charge in [0.25, 0.3) is 5.69 Å². The van der Waals surface area contributed by atoms with Crippen molar-refractivity contribution >= 4 is 17.3 Å². The number of hydrogen-bond donors (Lipinski definition) is 1. The molecule has 0 saturated heterocycles. The summed E-state index contributed by atoms with van der Waals surface area (Å²) < 4.78 is 6.86.